The number of ether oxygens (including phenoxy) is 3. The van der Waals surface area contributed by atoms with Gasteiger partial charge in [0.15, 0.2) is 0 Å². The highest BCUT2D eigenvalue weighted by atomic mass is 19.3. The fourth-order valence-corrected chi connectivity index (χ4v) is 6.17. The maximum Gasteiger partial charge on any atom is 0.306 e. The van der Waals surface area contributed by atoms with Gasteiger partial charge in [-0.05, 0) is 49.1 Å². The summed E-state index contributed by atoms with van der Waals surface area (Å²) in [6, 6.07) is 3.83. The van der Waals surface area contributed by atoms with E-state index in [0.29, 0.717) is 41.1 Å². The van der Waals surface area contributed by atoms with Gasteiger partial charge in [-0.3, -0.25) is 9.59 Å². The van der Waals surface area contributed by atoms with E-state index in [2.05, 4.69) is 4.98 Å². The first-order chi connectivity index (χ1) is 20.0. The van der Waals surface area contributed by atoms with Crippen LogP contribution in [0.2, 0.25) is 0 Å². The number of carbonyl (C=O) groups is 3. The Balaban J connectivity index is 1.53. The lowest BCUT2D eigenvalue weighted by molar-refractivity contribution is -0.154. The highest BCUT2D eigenvalue weighted by molar-refractivity contribution is 5.87. The average molecular weight is 588 g/mol. The van der Waals surface area contributed by atoms with Crippen molar-refractivity contribution in [1.29, 1.82) is 0 Å². The predicted molar refractivity (Wildman–Crippen MR) is 149 cm³/mol. The van der Waals surface area contributed by atoms with Crippen LogP contribution in [-0.2, 0) is 25.5 Å². The molecule has 0 radical (unpaired) electrons. The smallest absolute Gasteiger partial charge is 0.306 e. The van der Waals surface area contributed by atoms with Gasteiger partial charge in [-0.25, -0.2) is 18.7 Å². The third-order valence-corrected chi connectivity index (χ3v) is 8.79. The molecular weight excluding hydrogens is 548 g/mol. The molecule has 0 unspecified atom stereocenters. The van der Waals surface area contributed by atoms with E-state index < -0.39 is 47.7 Å². The van der Waals surface area contributed by atoms with Crippen molar-refractivity contribution < 1.29 is 37.4 Å². The molecule has 1 aromatic carbocycles. The second-order valence-corrected chi connectivity index (χ2v) is 12.8. The first kappa shape index (κ1) is 30.1. The van der Waals surface area contributed by atoms with Gasteiger partial charge in [0.1, 0.15) is 29.9 Å². The van der Waals surface area contributed by atoms with Gasteiger partial charge in [0.25, 0.3) is 0 Å². The normalized spacial score (nSPS) is 29.2. The van der Waals surface area contributed by atoms with E-state index in [9.17, 15) is 23.2 Å². The average Bonchev–Trinajstić information content (AvgIpc) is 3.56. The summed E-state index contributed by atoms with van der Waals surface area (Å²) in [5, 5.41) is 0. The van der Waals surface area contributed by atoms with Crippen molar-refractivity contribution in [3.8, 4) is 11.6 Å². The zero-order valence-corrected chi connectivity index (χ0v) is 24.6. The second-order valence-electron chi connectivity index (χ2n) is 12.8. The summed E-state index contributed by atoms with van der Waals surface area (Å²) in [7, 11) is 1.53. The Morgan fingerprint density at radius 1 is 1.07 bits per heavy atom. The van der Waals surface area contributed by atoms with Crippen molar-refractivity contribution >= 4 is 29.2 Å². The number of amides is 1. The van der Waals surface area contributed by atoms with Gasteiger partial charge < -0.3 is 23.9 Å². The summed E-state index contributed by atoms with van der Waals surface area (Å²) in [5.41, 5.74) is 0.950. The van der Waals surface area contributed by atoms with Gasteiger partial charge in [-0.15, -0.1) is 0 Å². The summed E-state index contributed by atoms with van der Waals surface area (Å²) in [4.78, 5) is 49.7. The first-order valence-electron chi connectivity index (χ1n) is 14.7. The predicted octanol–water partition coefficient (Wildman–Crippen LogP) is 4.78. The number of aryl methyl sites for hydroxylation is 1. The van der Waals surface area contributed by atoms with Gasteiger partial charge in [0.2, 0.25) is 18.2 Å². The van der Waals surface area contributed by atoms with E-state index in [4.69, 9.17) is 19.2 Å². The lowest BCUT2D eigenvalue weighted by atomic mass is 9.77. The minimum absolute atomic E-state index is 0.115. The van der Waals surface area contributed by atoms with Crippen molar-refractivity contribution in [3.05, 3.63) is 23.9 Å². The number of aldehydes is 1. The number of methoxy groups -OCH3 is 1. The Bertz CT molecular complexity index is 1330. The zero-order chi connectivity index (χ0) is 30.2. The van der Waals surface area contributed by atoms with Gasteiger partial charge in [0, 0.05) is 6.07 Å². The number of halogens is 2. The van der Waals surface area contributed by atoms with Crippen LogP contribution in [0.5, 0.6) is 11.6 Å². The molecule has 1 saturated heterocycles. The molecular formula is C31H39F2N3O6. The Hall–Kier alpha value is -3.37. The van der Waals surface area contributed by atoms with E-state index in [1.807, 2.05) is 20.8 Å². The molecule has 2 fully saturated rings. The zero-order valence-electron chi connectivity index (χ0n) is 24.6. The number of esters is 1. The lowest BCUT2D eigenvalue weighted by Crippen LogP contribution is -2.47. The fraction of sp³-hybridized carbons (Fsp3) is 0.645. The first-order valence-corrected chi connectivity index (χ1v) is 14.7. The summed E-state index contributed by atoms with van der Waals surface area (Å²) in [5.74, 6) is -2.50. The second kappa shape index (κ2) is 12.1. The highest BCUT2D eigenvalue weighted by Gasteiger charge is 2.52. The largest absolute Gasteiger partial charge is 0.497 e. The van der Waals surface area contributed by atoms with E-state index in [0.717, 1.165) is 37.0 Å². The number of hydrogen-bond acceptors (Lipinski definition) is 8. The van der Waals surface area contributed by atoms with Crippen LogP contribution in [0, 0.1) is 23.2 Å². The molecule has 228 valence electrons. The highest BCUT2D eigenvalue weighted by Crippen LogP contribution is 2.41. The Morgan fingerprint density at radius 3 is 2.55 bits per heavy atom. The number of aromatic nitrogens is 2. The Labute approximate surface area is 244 Å². The van der Waals surface area contributed by atoms with Crippen molar-refractivity contribution in [2.24, 2.45) is 23.2 Å². The van der Waals surface area contributed by atoms with Crippen LogP contribution < -0.4 is 9.47 Å². The van der Waals surface area contributed by atoms with Crippen molar-refractivity contribution in [2.75, 3.05) is 13.7 Å². The molecule has 42 heavy (non-hydrogen) atoms. The molecule has 3 aliphatic rings. The van der Waals surface area contributed by atoms with Gasteiger partial charge in [-0.1, -0.05) is 33.6 Å². The molecule has 0 spiro atoms. The molecule has 2 aliphatic heterocycles. The SMILES string of the molecule is COc1ccc2nc3c(nc2c1)O[C@H]1CN(C(=O)[C@H](C(C)(C)C)CC(=O)O[C@@H]2C[C@H]2CCCCC3)[C@H](C=O)[C@@H]1C(F)F. The molecule has 1 aliphatic carbocycles. The molecule has 3 heterocycles. The Morgan fingerprint density at radius 2 is 1.86 bits per heavy atom. The molecule has 0 N–H and O–H groups in total. The molecule has 5 rings (SSSR count). The van der Waals surface area contributed by atoms with E-state index in [-0.39, 0.29) is 24.9 Å². The van der Waals surface area contributed by atoms with Gasteiger partial charge >= 0.3 is 5.97 Å². The summed E-state index contributed by atoms with van der Waals surface area (Å²) >= 11 is 0. The van der Waals surface area contributed by atoms with Crippen molar-refractivity contribution in [3.63, 3.8) is 0 Å². The molecule has 1 amide bonds. The van der Waals surface area contributed by atoms with Crippen LogP contribution in [0.25, 0.3) is 11.0 Å². The quantitative estimate of drug-likeness (QED) is 0.373. The number of fused-ring (bicyclic) bond motifs is 5. The van der Waals surface area contributed by atoms with Crippen LogP contribution in [0.1, 0.15) is 65.0 Å². The number of hydrogen-bond donors (Lipinski definition) is 0. The van der Waals surface area contributed by atoms with E-state index >= 15 is 0 Å². The lowest BCUT2D eigenvalue weighted by Gasteiger charge is -2.34. The van der Waals surface area contributed by atoms with Crippen LogP contribution in [0.3, 0.4) is 0 Å². The van der Waals surface area contributed by atoms with Crippen LogP contribution >= 0.6 is 0 Å². The fourth-order valence-electron chi connectivity index (χ4n) is 6.17. The third kappa shape index (κ3) is 6.34. The number of nitrogens with zero attached hydrogens (tertiary/aromatic N) is 3. The van der Waals surface area contributed by atoms with E-state index in [1.54, 1.807) is 18.2 Å². The van der Waals surface area contributed by atoms with Gasteiger partial charge in [-0.2, -0.15) is 0 Å². The Kier molecular flexibility index (Phi) is 8.66. The molecule has 2 bridgehead atoms. The standard InChI is InChI=1S/C31H39F2N3O6/c1-31(2,3)19-14-26(38)41-24-12-17(24)8-6-5-7-9-21-29(35-22-13-18(40-4)10-11-20(22)34-21)42-25-15-36(30(19)39)23(16-37)27(25)28(32)33/h10-11,13,16-17,19,23-25,27-28H,5-9,12,14-15H2,1-4H3/t17-,19-,23-,24-,25+,27+/m1/s1. The number of alkyl halides is 2. The monoisotopic (exact) mass is 587 g/mol. The van der Waals surface area contributed by atoms with Crippen LogP contribution in [-0.4, -0.2) is 71.4 Å². The van der Waals surface area contributed by atoms with Crippen molar-refractivity contribution in [1.82, 2.24) is 14.9 Å². The van der Waals surface area contributed by atoms with E-state index in [1.165, 1.54) is 7.11 Å². The number of benzene rings is 1. The van der Waals surface area contributed by atoms with Crippen LogP contribution in [0.4, 0.5) is 8.78 Å². The molecule has 9 nitrogen and oxygen atoms in total. The summed E-state index contributed by atoms with van der Waals surface area (Å²) in [6.45, 7) is 5.18. The minimum atomic E-state index is -2.95. The third-order valence-electron chi connectivity index (χ3n) is 8.79. The maximum atomic E-state index is 14.6. The topological polar surface area (TPSA) is 108 Å². The number of rotatable bonds is 3. The van der Waals surface area contributed by atoms with Gasteiger partial charge in [0.05, 0.1) is 49.0 Å². The minimum Gasteiger partial charge on any atom is -0.497 e. The molecule has 2 aromatic rings. The summed E-state index contributed by atoms with van der Waals surface area (Å²) in [6.07, 6.45) is 0.758. The van der Waals surface area contributed by atoms with Crippen molar-refractivity contribution in [2.45, 2.75) is 90.4 Å². The van der Waals surface area contributed by atoms with Crippen LogP contribution in [0.15, 0.2) is 18.2 Å². The maximum absolute atomic E-state index is 14.6. The molecule has 11 heteroatoms. The summed E-state index contributed by atoms with van der Waals surface area (Å²) < 4.78 is 46.3. The molecule has 1 aromatic heterocycles. The number of carbonyl (C=O) groups excluding carboxylic acids is 3. The molecule has 1 saturated carbocycles. The molecule has 6 atom stereocenters.